The first-order valence-corrected chi connectivity index (χ1v) is 24.4. The van der Waals surface area contributed by atoms with Gasteiger partial charge in [-0.3, -0.25) is 19.4 Å². The Bertz CT molecular complexity index is 2200. The molecule has 1 aliphatic heterocycles. The van der Waals surface area contributed by atoms with E-state index in [1.807, 2.05) is 37.4 Å². The summed E-state index contributed by atoms with van der Waals surface area (Å²) in [6.07, 6.45) is 8.31. The molecule has 1 fully saturated rings. The lowest BCUT2D eigenvalue weighted by Crippen LogP contribution is -2.31. The Morgan fingerprint density at radius 3 is 2.00 bits per heavy atom. The SMILES string of the molecule is COCCOCCOCCOCCOCCOCCOCCN(C)CCc1c(C(N)=O)cccc1C(=O)Nc1ccc(N2CCCCC2)cc1-c1cc(C(=O)NC2CCCc3ccccc32)ccn1. The Kier molecular flexibility index (Phi) is 22.8. The highest BCUT2D eigenvalue weighted by atomic mass is 16.6. The van der Waals surface area contributed by atoms with E-state index in [2.05, 4.69) is 32.6 Å². The number of carbonyl (C=O) groups excluding carboxylic acids is 3. The number of nitrogens with two attached hydrogens (primary N) is 1. The largest absolute Gasteiger partial charge is 0.382 e. The fourth-order valence-corrected chi connectivity index (χ4v) is 8.53. The van der Waals surface area contributed by atoms with Gasteiger partial charge in [0, 0.05) is 67.4 Å². The molecule has 1 atom stereocenters. The van der Waals surface area contributed by atoms with Gasteiger partial charge in [0.25, 0.3) is 11.8 Å². The van der Waals surface area contributed by atoms with E-state index in [0.717, 1.165) is 56.4 Å². The minimum Gasteiger partial charge on any atom is -0.382 e. The maximum atomic E-state index is 14.4. The number of ether oxygens (including phenoxy) is 7. The molecule has 3 aromatic carbocycles. The van der Waals surface area contributed by atoms with E-state index in [-0.39, 0.29) is 17.9 Å². The summed E-state index contributed by atoms with van der Waals surface area (Å²) < 4.78 is 38.2. The summed E-state index contributed by atoms with van der Waals surface area (Å²) in [5, 5.41) is 6.42. The summed E-state index contributed by atoms with van der Waals surface area (Å²) in [6, 6.07) is 22.7. The van der Waals surface area contributed by atoms with Crippen LogP contribution in [-0.2, 0) is 46.0 Å². The molecule has 0 bridgehead atoms. The Labute approximate surface area is 407 Å². The van der Waals surface area contributed by atoms with Crippen LogP contribution in [0, 0.1) is 0 Å². The molecule has 16 heteroatoms. The van der Waals surface area contributed by atoms with Crippen LogP contribution in [0.2, 0.25) is 0 Å². The number of benzene rings is 3. The molecular formula is C53H72N6O10. The Balaban J connectivity index is 0.986. The van der Waals surface area contributed by atoms with Crippen molar-refractivity contribution >= 4 is 29.1 Å². The number of nitrogens with one attached hydrogen (secondary N) is 2. The van der Waals surface area contributed by atoms with Crippen LogP contribution in [0.25, 0.3) is 11.3 Å². The zero-order valence-corrected chi connectivity index (χ0v) is 40.6. The van der Waals surface area contributed by atoms with Crippen molar-refractivity contribution in [2.45, 2.75) is 51.0 Å². The first kappa shape index (κ1) is 53.1. The summed E-state index contributed by atoms with van der Waals surface area (Å²) >= 11 is 0. The van der Waals surface area contributed by atoms with E-state index in [4.69, 9.17) is 43.9 Å². The monoisotopic (exact) mass is 953 g/mol. The maximum absolute atomic E-state index is 14.4. The van der Waals surface area contributed by atoms with Crippen molar-refractivity contribution < 1.29 is 47.5 Å². The highest BCUT2D eigenvalue weighted by Gasteiger charge is 2.24. The lowest BCUT2D eigenvalue weighted by Gasteiger charge is -2.29. The quantitative estimate of drug-likeness (QED) is 0.0491. The third-order valence-electron chi connectivity index (χ3n) is 12.3. The molecule has 1 saturated heterocycles. The van der Waals surface area contributed by atoms with Crippen molar-refractivity contribution in [3.8, 4) is 11.3 Å². The van der Waals surface area contributed by atoms with Crippen LogP contribution in [-0.4, -0.2) is 154 Å². The van der Waals surface area contributed by atoms with E-state index in [9.17, 15) is 14.4 Å². The third-order valence-corrected chi connectivity index (χ3v) is 12.3. The molecule has 0 saturated carbocycles. The molecule has 0 radical (unpaired) electrons. The second-order valence-electron chi connectivity index (χ2n) is 17.2. The standard InChI is InChI=1S/C53H72N6O10/c1-58(24-25-64-28-29-66-32-33-68-36-37-69-35-34-67-31-30-65-27-26-63-2)23-19-44-45(51(54)60)13-9-14-46(44)53(62)57-49-17-16-42(59-21-6-3-7-22-59)39-47(49)50-38-41(18-20-55-50)52(61)56-48-15-8-11-40-10-4-5-12-43(40)48/h4-5,9-10,12-14,16-18,20,38-39,48H,3,6-8,11,15,19,21-37H2,1-2H3,(H2,54,60)(H,56,61)(H,57,62). The smallest absolute Gasteiger partial charge is 0.255 e. The molecule has 16 nitrogen and oxygen atoms in total. The number of likely N-dealkylation sites (N-methyl/N-ethyl adjacent to an activating group) is 1. The summed E-state index contributed by atoms with van der Waals surface area (Å²) in [6.45, 7) is 9.45. The average Bonchev–Trinajstić information content (AvgIpc) is 3.37. The maximum Gasteiger partial charge on any atom is 0.255 e. The Morgan fingerprint density at radius 2 is 1.33 bits per heavy atom. The highest BCUT2D eigenvalue weighted by molar-refractivity contribution is 6.09. The summed E-state index contributed by atoms with van der Waals surface area (Å²) in [7, 11) is 3.61. The number of hydrogen-bond donors (Lipinski definition) is 3. The number of fused-ring (bicyclic) bond motifs is 1. The first-order chi connectivity index (χ1) is 33.8. The van der Waals surface area contributed by atoms with Gasteiger partial charge in [0.15, 0.2) is 0 Å². The summed E-state index contributed by atoms with van der Waals surface area (Å²) in [4.78, 5) is 50.1. The minimum absolute atomic E-state index is 0.0736. The number of methoxy groups -OCH3 is 1. The van der Waals surface area contributed by atoms with Gasteiger partial charge >= 0.3 is 0 Å². The van der Waals surface area contributed by atoms with Crippen molar-refractivity contribution in [1.82, 2.24) is 15.2 Å². The van der Waals surface area contributed by atoms with Crippen molar-refractivity contribution in [1.29, 1.82) is 0 Å². The number of primary amides is 1. The highest BCUT2D eigenvalue weighted by Crippen LogP contribution is 2.34. The van der Waals surface area contributed by atoms with Gasteiger partial charge in [0.1, 0.15) is 0 Å². The molecule has 2 aliphatic rings. The molecule has 3 amide bonds. The number of pyridine rings is 1. The molecule has 374 valence electrons. The molecule has 0 spiro atoms. The number of anilines is 2. The van der Waals surface area contributed by atoms with Gasteiger partial charge in [0.2, 0.25) is 5.91 Å². The van der Waals surface area contributed by atoms with Crippen LogP contribution < -0.4 is 21.3 Å². The number of amides is 3. The first-order valence-electron chi connectivity index (χ1n) is 24.4. The Morgan fingerprint density at radius 1 is 0.696 bits per heavy atom. The molecule has 4 N–H and O–H groups in total. The molecule has 69 heavy (non-hydrogen) atoms. The van der Waals surface area contributed by atoms with E-state index in [1.54, 1.807) is 43.6 Å². The number of aryl methyl sites for hydroxylation is 1. The molecule has 1 unspecified atom stereocenters. The van der Waals surface area contributed by atoms with Crippen LogP contribution >= 0.6 is 0 Å². The van der Waals surface area contributed by atoms with Gasteiger partial charge < -0.3 is 59.3 Å². The van der Waals surface area contributed by atoms with E-state index in [0.29, 0.717) is 145 Å². The second kappa shape index (κ2) is 29.7. The number of nitrogens with zero attached hydrogens (tertiary/aromatic N) is 3. The van der Waals surface area contributed by atoms with Crippen molar-refractivity contribution in [2.75, 3.05) is 136 Å². The minimum atomic E-state index is -0.607. The number of carbonyl (C=O) groups is 3. The molecule has 1 aliphatic carbocycles. The zero-order valence-electron chi connectivity index (χ0n) is 40.6. The molecule has 6 rings (SSSR count). The fraction of sp³-hybridized carbons (Fsp3) is 0.509. The van der Waals surface area contributed by atoms with Gasteiger partial charge in [0.05, 0.1) is 103 Å². The molecule has 2 heterocycles. The van der Waals surface area contributed by atoms with Crippen LogP contribution in [0.15, 0.2) is 79.0 Å². The molecular weight excluding hydrogens is 881 g/mol. The van der Waals surface area contributed by atoms with Gasteiger partial charge in [-0.05, 0) is 111 Å². The number of hydrogen-bond acceptors (Lipinski definition) is 13. The predicted molar refractivity (Wildman–Crippen MR) is 266 cm³/mol. The second-order valence-corrected chi connectivity index (χ2v) is 17.2. The van der Waals surface area contributed by atoms with Gasteiger partial charge in [-0.1, -0.05) is 30.3 Å². The zero-order chi connectivity index (χ0) is 48.5. The number of rotatable bonds is 31. The van der Waals surface area contributed by atoms with Crippen LogP contribution in [0.1, 0.15) is 85.9 Å². The average molecular weight is 953 g/mol. The molecule has 1 aromatic heterocycles. The number of piperidine rings is 1. The van der Waals surface area contributed by atoms with Crippen LogP contribution in [0.4, 0.5) is 11.4 Å². The topological polar surface area (TPSA) is 185 Å². The Hall–Kier alpha value is -5.30. The fourth-order valence-electron chi connectivity index (χ4n) is 8.53. The number of aromatic nitrogens is 1. The van der Waals surface area contributed by atoms with E-state index in [1.165, 1.54) is 12.0 Å². The lowest BCUT2D eigenvalue weighted by molar-refractivity contribution is -0.0195. The van der Waals surface area contributed by atoms with Crippen molar-refractivity contribution in [3.63, 3.8) is 0 Å². The van der Waals surface area contributed by atoms with E-state index < -0.39 is 5.91 Å². The van der Waals surface area contributed by atoms with Gasteiger partial charge in [-0.2, -0.15) is 0 Å². The lowest BCUT2D eigenvalue weighted by atomic mass is 9.87. The third kappa shape index (κ3) is 17.3. The van der Waals surface area contributed by atoms with Crippen LogP contribution in [0.5, 0.6) is 0 Å². The predicted octanol–water partition coefficient (Wildman–Crippen LogP) is 6.12. The van der Waals surface area contributed by atoms with Crippen molar-refractivity contribution in [2.24, 2.45) is 5.73 Å². The summed E-state index contributed by atoms with van der Waals surface area (Å²) in [5.74, 6) is -1.17. The van der Waals surface area contributed by atoms with E-state index >= 15 is 0 Å². The van der Waals surface area contributed by atoms with Gasteiger partial charge in [-0.15, -0.1) is 0 Å². The van der Waals surface area contributed by atoms with Gasteiger partial charge in [-0.25, -0.2) is 0 Å². The van der Waals surface area contributed by atoms with Crippen molar-refractivity contribution in [3.05, 3.63) is 112 Å². The molecule has 4 aromatic rings. The van der Waals surface area contributed by atoms with Crippen LogP contribution in [0.3, 0.4) is 0 Å². The normalized spacial score (nSPS) is 14.7. The summed E-state index contributed by atoms with van der Waals surface area (Å²) in [5.41, 5.74) is 12.8.